The molecule has 3 heterocycles. The van der Waals surface area contributed by atoms with Crippen molar-refractivity contribution in [2.75, 3.05) is 6.54 Å². The van der Waals surface area contributed by atoms with E-state index in [9.17, 15) is 4.79 Å². The molecular formula is C22H22N4O. The molecule has 136 valence electrons. The van der Waals surface area contributed by atoms with Crippen LogP contribution in [0.1, 0.15) is 24.0 Å². The molecule has 5 nitrogen and oxygen atoms in total. The lowest BCUT2D eigenvalue weighted by Gasteiger charge is -2.29. The van der Waals surface area contributed by atoms with Gasteiger partial charge in [-0.2, -0.15) is 0 Å². The molecule has 5 rings (SSSR count). The van der Waals surface area contributed by atoms with Crippen LogP contribution < -0.4 is 5.32 Å². The zero-order valence-corrected chi connectivity index (χ0v) is 15.1. The van der Waals surface area contributed by atoms with E-state index in [1.165, 1.54) is 16.5 Å². The Labute approximate surface area is 158 Å². The van der Waals surface area contributed by atoms with Crippen LogP contribution in [-0.4, -0.2) is 34.2 Å². The number of aromatic amines is 1. The fourth-order valence-electron chi connectivity index (χ4n) is 4.19. The number of hydrogen-bond donors (Lipinski definition) is 2. The number of aromatic nitrogens is 1. The Morgan fingerprint density at radius 3 is 3.00 bits per heavy atom. The van der Waals surface area contributed by atoms with E-state index >= 15 is 0 Å². The highest BCUT2D eigenvalue weighted by Gasteiger charge is 2.36. The van der Waals surface area contributed by atoms with E-state index < -0.39 is 0 Å². The van der Waals surface area contributed by atoms with Gasteiger partial charge in [0.2, 0.25) is 5.91 Å². The number of benzene rings is 2. The Morgan fingerprint density at radius 2 is 2.04 bits per heavy atom. The van der Waals surface area contributed by atoms with Gasteiger partial charge in [0.25, 0.3) is 0 Å². The highest BCUT2D eigenvalue weighted by Crippen LogP contribution is 2.32. The summed E-state index contributed by atoms with van der Waals surface area (Å²) in [5.41, 5.74) is 4.62. The molecule has 0 aliphatic carbocycles. The van der Waals surface area contributed by atoms with Gasteiger partial charge in [-0.15, -0.1) is 0 Å². The zero-order valence-electron chi connectivity index (χ0n) is 15.1. The number of amidine groups is 1. The lowest BCUT2D eigenvalue weighted by molar-refractivity contribution is -0.124. The first-order valence-electron chi connectivity index (χ1n) is 9.54. The first-order valence-corrected chi connectivity index (χ1v) is 9.54. The van der Waals surface area contributed by atoms with E-state index in [0.29, 0.717) is 6.54 Å². The van der Waals surface area contributed by atoms with Crippen LogP contribution in [0.4, 0.5) is 5.69 Å². The Balaban J connectivity index is 1.23. The molecule has 0 saturated carbocycles. The van der Waals surface area contributed by atoms with Crippen LogP contribution >= 0.6 is 0 Å². The SMILES string of the molecule is O=C(NCCc1c[nH]c2ccccc12)[C@H]1CCC2=Nc3ccccc3CN21. The van der Waals surface area contributed by atoms with Crippen molar-refractivity contribution in [3.63, 3.8) is 0 Å². The van der Waals surface area contributed by atoms with Crippen LogP contribution in [-0.2, 0) is 17.8 Å². The van der Waals surface area contributed by atoms with Gasteiger partial charge in [-0.05, 0) is 36.1 Å². The second-order valence-corrected chi connectivity index (χ2v) is 7.24. The molecule has 1 saturated heterocycles. The number of carbonyl (C=O) groups is 1. The van der Waals surface area contributed by atoms with Crippen LogP contribution in [0.2, 0.25) is 0 Å². The normalized spacial score (nSPS) is 18.1. The van der Waals surface area contributed by atoms with Crippen molar-refractivity contribution >= 4 is 28.3 Å². The molecule has 2 aliphatic rings. The van der Waals surface area contributed by atoms with Crippen LogP contribution in [0.5, 0.6) is 0 Å². The zero-order chi connectivity index (χ0) is 18.2. The fraction of sp³-hybridized carbons (Fsp3) is 0.273. The third-order valence-electron chi connectivity index (χ3n) is 5.60. The van der Waals surface area contributed by atoms with Crippen LogP contribution in [0.15, 0.2) is 59.7 Å². The molecule has 1 fully saturated rings. The van der Waals surface area contributed by atoms with Gasteiger partial charge < -0.3 is 15.2 Å². The van der Waals surface area contributed by atoms with Crippen molar-refractivity contribution in [2.45, 2.75) is 31.8 Å². The lowest BCUT2D eigenvalue weighted by atomic mass is 10.1. The largest absolute Gasteiger partial charge is 0.361 e. The van der Waals surface area contributed by atoms with Gasteiger partial charge in [0.05, 0.1) is 5.69 Å². The van der Waals surface area contributed by atoms with Gasteiger partial charge in [0, 0.05) is 36.6 Å². The summed E-state index contributed by atoms with van der Waals surface area (Å²) < 4.78 is 0. The molecule has 3 aromatic rings. The van der Waals surface area contributed by atoms with E-state index in [2.05, 4.69) is 33.4 Å². The topological polar surface area (TPSA) is 60.5 Å². The predicted octanol–water partition coefficient (Wildman–Crippen LogP) is 3.53. The summed E-state index contributed by atoms with van der Waals surface area (Å²) >= 11 is 0. The van der Waals surface area contributed by atoms with Crippen molar-refractivity contribution in [1.82, 2.24) is 15.2 Å². The Morgan fingerprint density at radius 1 is 1.19 bits per heavy atom. The first kappa shape index (κ1) is 16.1. The van der Waals surface area contributed by atoms with Gasteiger partial charge >= 0.3 is 0 Å². The van der Waals surface area contributed by atoms with E-state index in [0.717, 1.165) is 42.8 Å². The molecule has 2 aliphatic heterocycles. The third kappa shape index (κ3) is 2.89. The third-order valence-corrected chi connectivity index (χ3v) is 5.60. The molecular weight excluding hydrogens is 336 g/mol. The number of carbonyl (C=O) groups excluding carboxylic acids is 1. The van der Waals surface area contributed by atoms with Gasteiger partial charge in [0.15, 0.2) is 0 Å². The molecule has 0 unspecified atom stereocenters. The summed E-state index contributed by atoms with van der Waals surface area (Å²) in [7, 11) is 0. The van der Waals surface area contributed by atoms with Crippen molar-refractivity contribution in [1.29, 1.82) is 0 Å². The molecule has 27 heavy (non-hydrogen) atoms. The smallest absolute Gasteiger partial charge is 0.242 e. The Hall–Kier alpha value is -3.08. The van der Waals surface area contributed by atoms with Crippen molar-refractivity contribution in [2.24, 2.45) is 4.99 Å². The first-order chi connectivity index (χ1) is 13.3. The maximum Gasteiger partial charge on any atom is 0.242 e. The van der Waals surface area contributed by atoms with Gasteiger partial charge in [-0.25, -0.2) is 4.99 Å². The maximum atomic E-state index is 12.8. The number of H-pyrrole nitrogens is 1. The minimum Gasteiger partial charge on any atom is -0.361 e. The number of fused-ring (bicyclic) bond motifs is 3. The quantitative estimate of drug-likeness (QED) is 0.749. The van der Waals surface area contributed by atoms with Crippen molar-refractivity contribution < 1.29 is 4.79 Å². The molecule has 1 atom stereocenters. The molecule has 5 heteroatoms. The number of nitrogens with zero attached hydrogens (tertiary/aromatic N) is 2. The van der Waals surface area contributed by atoms with Crippen LogP contribution in [0.3, 0.4) is 0 Å². The highest BCUT2D eigenvalue weighted by atomic mass is 16.2. The summed E-state index contributed by atoms with van der Waals surface area (Å²) in [5, 5.41) is 4.37. The van der Waals surface area contributed by atoms with Gasteiger partial charge in [0.1, 0.15) is 11.9 Å². The number of amides is 1. The molecule has 1 aromatic heterocycles. The van der Waals surface area contributed by atoms with E-state index in [1.807, 2.05) is 36.5 Å². The highest BCUT2D eigenvalue weighted by molar-refractivity contribution is 5.95. The average molecular weight is 358 g/mol. The van der Waals surface area contributed by atoms with E-state index in [4.69, 9.17) is 4.99 Å². The second-order valence-electron chi connectivity index (χ2n) is 7.24. The van der Waals surface area contributed by atoms with Gasteiger partial charge in [-0.1, -0.05) is 36.4 Å². The Kier molecular flexibility index (Phi) is 3.93. The number of nitrogens with one attached hydrogen (secondary N) is 2. The summed E-state index contributed by atoms with van der Waals surface area (Å²) in [5.74, 6) is 1.16. The molecule has 2 aromatic carbocycles. The van der Waals surface area contributed by atoms with Crippen molar-refractivity contribution in [3.05, 3.63) is 65.9 Å². The number of aliphatic imine (C=N–C) groups is 1. The fourth-order valence-corrected chi connectivity index (χ4v) is 4.19. The molecule has 0 bridgehead atoms. The minimum atomic E-state index is -0.111. The summed E-state index contributed by atoms with van der Waals surface area (Å²) in [6.07, 6.45) is 4.57. The predicted molar refractivity (Wildman–Crippen MR) is 107 cm³/mol. The standard InChI is InChI=1S/C22H22N4O/c27-22(23-12-11-15-13-24-19-8-4-2-6-17(15)19)20-9-10-21-25-18-7-3-1-5-16(18)14-26(20)21/h1-8,13,20,24H,9-12,14H2,(H,23,27)/t20-/m1/s1. The minimum absolute atomic E-state index is 0.111. The monoisotopic (exact) mass is 358 g/mol. The second kappa shape index (κ2) is 6.58. The molecule has 0 spiro atoms. The van der Waals surface area contributed by atoms with Crippen LogP contribution in [0.25, 0.3) is 10.9 Å². The van der Waals surface area contributed by atoms with Gasteiger partial charge in [-0.3, -0.25) is 4.79 Å². The number of rotatable bonds is 4. The molecule has 2 N–H and O–H groups in total. The summed E-state index contributed by atoms with van der Waals surface area (Å²) in [4.78, 5) is 23.0. The van der Waals surface area contributed by atoms with Crippen LogP contribution in [0, 0.1) is 0 Å². The summed E-state index contributed by atoms with van der Waals surface area (Å²) in [6, 6.07) is 16.4. The average Bonchev–Trinajstić information content (AvgIpc) is 3.30. The van der Waals surface area contributed by atoms with E-state index in [1.54, 1.807) is 0 Å². The number of hydrogen-bond acceptors (Lipinski definition) is 3. The summed E-state index contributed by atoms with van der Waals surface area (Å²) in [6.45, 7) is 1.42. The maximum absolute atomic E-state index is 12.8. The van der Waals surface area contributed by atoms with E-state index in [-0.39, 0.29) is 11.9 Å². The lowest BCUT2D eigenvalue weighted by Crippen LogP contribution is -2.45. The Bertz CT molecular complexity index is 1040. The molecule has 0 radical (unpaired) electrons. The molecule has 1 amide bonds. The van der Waals surface area contributed by atoms with Crippen molar-refractivity contribution in [3.8, 4) is 0 Å². The number of para-hydroxylation sites is 2.